The third-order valence-electron chi connectivity index (χ3n) is 9.82. The molecule has 1 N–H and O–H groups in total. The number of nitro groups is 1. The summed E-state index contributed by atoms with van der Waals surface area (Å²) in [5.74, 6) is 3.26. The lowest BCUT2D eigenvalue weighted by atomic mass is 9.48. The Balaban J connectivity index is 1.15. The van der Waals surface area contributed by atoms with Crippen molar-refractivity contribution in [1.29, 1.82) is 0 Å². The van der Waals surface area contributed by atoms with E-state index in [4.69, 9.17) is 4.74 Å². The van der Waals surface area contributed by atoms with Gasteiger partial charge in [0.2, 0.25) is 0 Å². The average molecular weight is 519 g/mol. The van der Waals surface area contributed by atoms with Crippen LogP contribution < -0.4 is 15.0 Å². The van der Waals surface area contributed by atoms with E-state index in [1.165, 1.54) is 38.5 Å². The molecule has 2 aromatic carbocycles. The van der Waals surface area contributed by atoms with Crippen molar-refractivity contribution in [2.45, 2.75) is 51.5 Å². The van der Waals surface area contributed by atoms with E-state index in [-0.39, 0.29) is 28.0 Å². The van der Waals surface area contributed by atoms with Crippen LogP contribution in [-0.2, 0) is 0 Å². The van der Waals surface area contributed by atoms with Crippen LogP contribution in [-0.4, -0.2) is 55.1 Å². The fraction of sp³-hybridized carbons (Fsp3) is 0.567. The highest BCUT2D eigenvalue weighted by atomic mass is 16.6. The molecule has 1 aliphatic heterocycles. The molecule has 4 bridgehead atoms. The van der Waals surface area contributed by atoms with Crippen molar-refractivity contribution in [2.24, 2.45) is 23.2 Å². The minimum Gasteiger partial charge on any atom is -0.497 e. The van der Waals surface area contributed by atoms with Crippen LogP contribution in [0.15, 0.2) is 42.5 Å². The maximum atomic E-state index is 13.0. The average Bonchev–Trinajstić information content (AvgIpc) is 2.92. The molecule has 38 heavy (non-hydrogen) atoms. The van der Waals surface area contributed by atoms with Crippen molar-refractivity contribution < 1.29 is 14.5 Å². The van der Waals surface area contributed by atoms with Gasteiger partial charge in [0.15, 0.2) is 0 Å². The van der Waals surface area contributed by atoms with E-state index in [9.17, 15) is 14.9 Å². The second-order valence-corrected chi connectivity index (χ2v) is 12.1. The molecule has 4 aliphatic carbocycles. The quantitative estimate of drug-likeness (QED) is 0.380. The summed E-state index contributed by atoms with van der Waals surface area (Å²) in [6.45, 7) is 4.82. The van der Waals surface area contributed by atoms with Crippen LogP contribution in [0, 0.1) is 33.3 Å². The van der Waals surface area contributed by atoms with Gasteiger partial charge in [-0.05, 0) is 105 Å². The molecule has 5 aliphatic rings. The number of amides is 1. The van der Waals surface area contributed by atoms with Crippen molar-refractivity contribution in [2.75, 3.05) is 43.5 Å². The molecule has 0 aromatic heterocycles. The number of anilines is 2. The van der Waals surface area contributed by atoms with Gasteiger partial charge in [0.1, 0.15) is 11.4 Å². The Hall–Kier alpha value is -3.29. The highest BCUT2D eigenvalue weighted by molar-refractivity contribution is 5.94. The Labute approximate surface area is 224 Å². The van der Waals surface area contributed by atoms with Gasteiger partial charge < -0.3 is 19.9 Å². The fourth-order valence-corrected chi connectivity index (χ4v) is 8.17. The summed E-state index contributed by atoms with van der Waals surface area (Å²) in [4.78, 5) is 28.7. The number of nitrogens with one attached hydrogen (secondary N) is 1. The second-order valence-electron chi connectivity index (χ2n) is 12.1. The topological polar surface area (TPSA) is 88.0 Å². The molecule has 0 spiro atoms. The van der Waals surface area contributed by atoms with Crippen molar-refractivity contribution in [1.82, 2.24) is 4.90 Å². The van der Waals surface area contributed by atoms with Gasteiger partial charge in [-0.25, -0.2) is 0 Å². The molecule has 7 rings (SSSR count). The monoisotopic (exact) mass is 518 g/mol. The van der Waals surface area contributed by atoms with E-state index < -0.39 is 0 Å². The number of rotatable bonds is 7. The first kappa shape index (κ1) is 25.0. The number of nitrogens with zero attached hydrogens (tertiary/aromatic N) is 3. The molecule has 1 heterocycles. The van der Waals surface area contributed by atoms with Crippen molar-refractivity contribution in [3.63, 3.8) is 0 Å². The zero-order chi connectivity index (χ0) is 26.4. The molecular weight excluding hydrogens is 480 g/mol. The number of methoxy groups -OCH3 is 1. The summed E-state index contributed by atoms with van der Waals surface area (Å²) in [6.07, 6.45) is 7.91. The number of nitro benzene ring substituents is 1. The van der Waals surface area contributed by atoms with Gasteiger partial charge in [0, 0.05) is 49.5 Å². The zero-order valence-corrected chi connectivity index (χ0v) is 22.4. The second kappa shape index (κ2) is 9.79. The standard InChI is InChI=1S/C30H38N4O4/c1-20(30-17-21-13-22(18-30)15-23(14-21)19-30)31-27-16-25(5-8-28(27)34(36)37)32-9-11-33(12-10-32)29(35)24-3-6-26(38-2)7-4-24/h3-8,16,20-23,31H,9-15,17-19H2,1-2H3/t20-,21?,22?,23?,30?/m0/s1. The lowest BCUT2D eigenvalue weighted by molar-refractivity contribution is -0.384. The van der Waals surface area contributed by atoms with Crippen LogP contribution >= 0.6 is 0 Å². The number of hydrogen-bond donors (Lipinski definition) is 1. The van der Waals surface area contributed by atoms with E-state index in [0.717, 1.165) is 29.2 Å². The number of hydrogen-bond acceptors (Lipinski definition) is 6. The first-order valence-corrected chi connectivity index (χ1v) is 14.1. The van der Waals surface area contributed by atoms with Crippen LogP contribution in [0.2, 0.25) is 0 Å². The maximum absolute atomic E-state index is 13.0. The van der Waals surface area contributed by atoms with Gasteiger partial charge in [-0.1, -0.05) is 0 Å². The highest BCUT2D eigenvalue weighted by Gasteiger charge is 2.53. The van der Waals surface area contributed by atoms with Crippen LogP contribution in [0.1, 0.15) is 55.8 Å². The van der Waals surface area contributed by atoms with Gasteiger partial charge in [0.25, 0.3) is 11.6 Å². The van der Waals surface area contributed by atoms with Gasteiger partial charge >= 0.3 is 0 Å². The minimum atomic E-state index is -0.274. The Morgan fingerprint density at radius 3 is 2.16 bits per heavy atom. The summed E-state index contributed by atoms with van der Waals surface area (Å²) in [5.41, 5.74) is 2.63. The predicted molar refractivity (Wildman–Crippen MR) is 148 cm³/mol. The van der Waals surface area contributed by atoms with Crippen LogP contribution in [0.25, 0.3) is 0 Å². The van der Waals surface area contributed by atoms with Crippen molar-refractivity contribution >= 4 is 23.0 Å². The smallest absolute Gasteiger partial charge is 0.292 e. The minimum absolute atomic E-state index is 0.0164. The van der Waals surface area contributed by atoms with Gasteiger partial charge in [-0.15, -0.1) is 0 Å². The molecule has 0 radical (unpaired) electrons. The summed E-state index contributed by atoms with van der Waals surface area (Å²) in [7, 11) is 1.61. The summed E-state index contributed by atoms with van der Waals surface area (Å²) in [5, 5.41) is 15.6. The summed E-state index contributed by atoms with van der Waals surface area (Å²) in [6, 6.07) is 12.8. The molecule has 8 heteroatoms. The van der Waals surface area contributed by atoms with E-state index >= 15 is 0 Å². The molecule has 8 nitrogen and oxygen atoms in total. The first-order chi connectivity index (χ1) is 18.3. The Kier molecular flexibility index (Phi) is 6.44. The van der Waals surface area contributed by atoms with Crippen LogP contribution in [0.3, 0.4) is 0 Å². The van der Waals surface area contributed by atoms with Crippen molar-refractivity contribution in [3.05, 3.63) is 58.1 Å². The van der Waals surface area contributed by atoms with E-state index in [2.05, 4.69) is 17.1 Å². The zero-order valence-electron chi connectivity index (χ0n) is 22.4. The highest BCUT2D eigenvalue weighted by Crippen LogP contribution is 2.61. The Morgan fingerprint density at radius 2 is 1.61 bits per heavy atom. The largest absolute Gasteiger partial charge is 0.497 e. The van der Waals surface area contributed by atoms with Gasteiger partial charge in [0.05, 0.1) is 12.0 Å². The third-order valence-corrected chi connectivity index (χ3v) is 9.82. The molecular formula is C30H38N4O4. The van der Waals surface area contributed by atoms with Gasteiger partial charge in [-0.3, -0.25) is 14.9 Å². The van der Waals surface area contributed by atoms with Crippen molar-refractivity contribution in [3.8, 4) is 5.75 Å². The summed E-state index contributed by atoms with van der Waals surface area (Å²) < 4.78 is 5.20. The number of piperazine rings is 1. The van der Waals surface area contributed by atoms with Crippen LogP contribution in [0.4, 0.5) is 17.1 Å². The molecule has 202 valence electrons. The molecule has 5 fully saturated rings. The number of ether oxygens (including phenoxy) is 1. The molecule has 1 atom stereocenters. The van der Waals surface area contributed by atoms with Gasteiger partial charge in [-0.2, -0.15) is 0 Å². The number of benzene rings is 2. The maximum Gasteiger partial charge on any atom is 0.292 e. The summed E-state index contributed by atoms with van der Waals surface area (Å²) >= 11 is 0. The SMILES string of the molecule is COc1ccc(C(=O)N2CCN(c3ccc([N+](=O)[O-])c(N[C@@H](C)C45CC6CC(CC(C6)C4)C5)c3)CC2)cc1. The van der Waals surface area contributed by atoms with E-state index in [1.807, 2.05) is 17.0 Å². The molecule has 4 saturated carbocycles. The third kappa shape index (κ3) is 4.58. The first-order valence-electron chi connectivity index (χ1n) is 14.1. The molecule has 2 aromatic rings. The lowest BCUT2D eigenvalue weighted by Gasteiger charge is -2.59. The van der Waals surface area contributed by atoms with E-state index in [0.29, 0.717) is 37.4 Å². The molecule has 1 amide bonds. The predicted octanol–water partition coefficient (Wildman–Crippen LogP) is 5.58. The normalized spacial score (nSPS) is 28.7. The molecule has 0 unspecified atom stereocenters. The Morgan fingerprint density at radius 1 is 1.00 bits per heavy atom. The Bertz CT molecular complexity index is 1170. The number of carbonyl (C=O) groups is 1. The fourth-order valence-electron chi connectivity index (χ4n) is 8.17. The van der Waals surface area contributed by atoms with E-state index in [1.54, 1.807) is 37.4 Å². The van der Waals surface area contributed by atoms with Crippen LogP contribution in [0.5, 0.6) is 5.75 Å². The molecule has 1 saturated heterocycles. The lowest BCUT2D eigenvalue weighted by Crippen LogP contribution is -2.53. The number of carbonyl (C=O) groups excluding carboxylic acids is 1.